The van der Waals surface area contributed by atoms with Crippen LogP contribution in [0.1, 0.15) is 31.2 Å². The van der Waals surface area contributed by atoms with Crippen molar-refractivity contribution in [1.29, 1.82) is 0 Å². The Morgan fingerprint density at radius 3 is 2.84 bits per heavy atom. The average Bonchev–Trinajstić information content (AvgIpc) is 3.17. The van der Waals surface area contributed by atoms with Gasteiger partial charge in [0.1, 0.15) is 5.78 Å². The van der Waals surface area contributed by atoms with Gasteiger partial charge in [-0.3, -0.25) is 9.59 Å². The average molecular weight is 473 g/mol. The molecule has 1 aliphatic carbocycles. The number of benzene rings is 2. The fourth-order valence-corrected chi connectivity index (χ4v) is 6.22. The van der Waals surface area contributed by atoms with Crippen molar-refractivity contribution in [2.75, 3.05) is 24.4 Å². The highest BCUT2D eigenvalue weighted by molar-refractivity contribution is 8.01. The fraction of sp³-hybridized carbons (Fsp3) is 0.462. The van der Waals surface area contributed by atoms with E-state index in [2.05, 4.69) is 41.1 Å². The molecule has 0 heterocycles. The maximum Gasteiger partial charge on any atom is 0.315 e. The topological polar surface area (TPSA) is 63.6 Å². The second-order valence-electron chi connectivity index (χ2n) is 8.11. The zero-order valence-corrected chi connectivity index (χ0v) is 20.2. The van der Waals surface area contributed by atoms with Gasteiger partial charge in [0.25, 0.3) is 0 Å². The van der Waals surface area contributed by atoms with Gasteiger partial charge in [-0.15, -0.1) is 11.8 Å². The summed E-state index contributed by atoms with van der Waals surface area (Å²) in [6.07, 6.45) is 7.37. The quantitative estimate of drug-likeness (QED) is 0.264. The molecule has 0 amide bonds. The molecule has 4 nitrogen and oxygen atoms in total. The number of hydrogen-bond acceptors (Lipinski definition) is 6. The van der Waals surface area contributed by atoms with Gasteiger partial charge in [-0.1, -0.05) is 54.6 Å². The molecule has 1 saturated carbocycles. The molecule has 0 radical (unpaired) electrons. The lowest BCUT2D eigenvalue weighted by molar-refractivity contribution is -0.137. The van der Waals surface area contributed by atoms with Crippen molar-refractivity contribution >= 4 is 46.0 Å². The first-order chi connectivity index (χ1) is 15.6. The van der Waals surface area contributed by atoms with E-state index >= 15 is 0 Å². The van der Waals surface area contributed by atoms with Crippen LogP contribution in [0.4, 0.5) is 0 Å². The van der Waals surface area contributed by atoms with Gasteiger partial charge in [-0.2, -0.15) is 11.8 Å². The number of ether oxygens (including phenoxy) is 1. The lowest BCUT2D eigenvalue weighted by atomic mass is 10.0. The fourth-order valence-electron chi connectivity index (χ4n) is 3.92. The van der Waals surface area contributed by atoms with Crippen molar-refractivity contribution in [1.82, 2.24) is 0 Å². The molecule has 6 heteroatoms. The van der Waals surface area contributed by atoms with Crippen molar-refractivity contribution in [3.63, 3.8) is 0 Å². The van der Waals surface area contributed by atoms with Crippen LogP contribution in [0.3, 0.4) is 0 Å². The summed E-state index contributed by atoms with van der Waals surface area (Å²) >= 11 is 3.28. The summed E-state index contributed by atoms with van der Waals surface area (Å²) in [7, 11) is 1.40. The van der Waals surface area contributed by atoms with Crippen LogP contribution in [0.5, 0.6) is 0 Å². The first-order valence-corrected chi connectivity index (χ1v) is 13.4. The predicted octanol–water partition coefficient (Wildman–Crippen LogP) is 5.07. The maximum absolute atomic E-state index is 12.3. The third-order valence-electron chi connectivity index (χ3n) is 5.73. The second kappa shape index (κ2) is 13.1. The van der Waals surface area contributed by atoms with Crippen LogP contribution in [-0.4, -0.2) is 52.6 Å². The van der Waals surface area contributed by atoms with Gasteiger partial charge < -0.3 is 9.84 Å². The highest BCUT2D eigenvalue weighted by atomic mass is 32.2. The Bertz CT molecular complexity index is 927. The molecule has 0 unspecified atom stereocenters. The number of aliphatic hydroxyl groups excluding tert-OH is 1. The van der Waals surface area contributed by atoms with Gasteiger partial charge in [-0.25, -0.2) is 0 Å². The molecule has 0 aromatic heterocycles. The lowest BCUT2D eigenvalue weighted by Crippen LogP contribution is -2.17. The SMILES string of the molecule is COC(=O)CSCCCS[C@H]1C(=O)CC[C@@H]1C=C[C@H](O)CCc1ccc2ccccc2c1. The number of esters is 1. The largest absolute Gasteiger partial charge is 0.468 e. The molecule has 1 N–H and O–H groups in total. The van der Waals surface area contributed by atoms with Crippen LogP contribution < -0.4 is 0 Å². The van der Waals surface area contributed by atoms with Crippen LogP contribution in [0.15, 0.2) is 54.6 Å². The summed E-state index contributed by atoms with van der Waals surface area (Å²) in [5.41, 5.74) is 1.23. The highest BCUT2D eigenvalue weighted by Gasteiger charge is 2.33. The minimum Gasteiger partial charge on any atom is -0.468 e. The third kappa shape index (κ3) is 7.68. The van der Waals surface area contributed by atoms with Gasteiger partial charge in [0.2, 0.25) is 0 Å². The second-order valence-corrected chi connectivity index (χ2v) is 10.5. The van der Waals surface area contributed by atoms with Crippen molar-refractivity contribution < 1.29 is 19.4 Å². The number of carbonyl (C=O) groups excluding carboxylic acids is 2. The zero-order valence-electron chi connectivity index (χ0n) is 18.6. The van der Waals surface area contributed by atoms with Crippen LogP contribution in [0.25, 0.3) is 10.8 Å². The van der Waals surface area contributed by atoms with Crippen molar-refractivity contribution in [3.8, 4) is 0 Å². The number of methoxy groups -OCH3 is 1. The molecule has 0 saturated heterocycles. The van der Waals surface area contributed by atoms with Crippen molar-refractivity contribution in [2.45, 2.75) is 43.5 Å². The van der Waals surface area contributed by atoms with Crippen molar-refractivity contribution in [3.05, 3.63) is 60.2 Å². The Balaban J connectivity index is 1.41. The van der Waals surface area contributed by atoms with Gasteiger partial charge in [0.05, 0.1) is 24.2 Å². The minimum atomic E-state index is -0.502. The maximum atomic E-state index is 12.3. The molecule has 0 aliphatic heterocycles. The first kappa shape index (κ1) is 24.9. The molecule has 3 rings (SSSR count). The van der Waals surface area contributed by atoms with Gasteiger partial charge in [-0.05, 0) is 59.4 Å². The van der Waals surface area contributed by atoms with Gasteiger partial charge in [0, 0.05) is 6.42 Å². The molecule has 172 valence electrons. The van der Waals surface area contributed by atoms with Crippen LogP contribution >= 0.6 is 23.5 Å². The molecule has 0 bridgehead atoms. The molecule has 2 aromatic carbocycles. The molecule has 1 aliphatic rings. The molecule has 1 fully saturated rings. The number of thioether (sulfide) groups is 2. The molecular weight excluding hydrogens is 440 g/mol. The summed E-state index contributed by atoms with van der Waals surface area (Å²) in [6, 6.07) is 14.8. The minimum absolute atomic E-state index is 0.00968. The number of rotatable bonds is 12. The normalized spacial score (nSPS) is 19.6. The molecule has 2 aromatic rings. The smallest absolute Gasteiger partial charge is 0.315 e. The van der Waals surface area contributed by atoms with E-state index in [9.17, 15) is 14.7 Å². The molecule has 32 heavy (non-hydrogen) atoms. The van der Waals surface area contributed by atoms with E-state index in [0.717, 1.165) is 30.8 Å². The zero-order chi connectivity index (χ0) is 22.8. The summed E-state index contributed by atoms with van der Waals surface area (Å²) in [5.74, 6) is 2.49. The number of aryl methyl sites for hydroxylation is 1. The Morgan fingerprint density at radius 2 is 2.03 bits per heavy atom. The first-order valence-electron chi connectivity index (χ1n) is 11.2. The number of fused-ring (bicyclic) bond motifs is 1. The Kier molecular flexibility index (Phi) is 10.2. The van der Waals surface area contributed by atoms with Crippen LogP contribution in [0, 0.1) is 5.92 Å². The summed E-state index contributed by atoms with van der Waals surface area (Å²) in [5, 5.41) is 12.9. The predicted molar refractivity (Wildman–Crippen MR) is 135 cm³/mol. The number of Topliss-reactive ketones (excluding diaryl/α,β-unsaturated/α-hetero) is 1. The van der Waals surface area contributed by atoms with Gasteiger partial charge >= 0.3 is 5.97 Å². The van der Waals surface area contributed by atoms with Gasteiger partial charge in [0.15, 0.2) is 0 Å². The highest BCUT2D eigenvalue weighted by Crippen LogP contribution is 2.34. The lowest BCUT2D eigenvalue weighted by Gasteiger charge is -2.15. The van der Waals surface area contributed by atoms with E-state index in [0.29, 0.717) is 24.4 Å². The Morgan fingerprint density at radius 1 is 1.22 bits per heavy atom. The Hall–Kier alpha value is -1.76. The van der Waals surface area contributed by atoms with E-state index < -0.39 is 6.10 Å². The summed E-state index contributed by atoms with van der Waals surface area (Å²) in [4.78, 5) is 23.4. The van der Waals surface area contributed by atoms with E-state index in [1.54, 1.807) is 23.5 Å². The summed E-state index contributed by atoms with van der Waals surface area (Å²) < 4.78 is 4.63. The number of aliphatic hydroxyl groups is 1. The number of allylic oxidation sites excluding steroid dienone is 1. The van der Waals surface area contributed by atoms with E-state index in [-0.39, 0.29) is 17.1 Å². The molecule has 3 atom stereocenters. The van der Waals surface area contributed by atoms with E-state index in [1.165, 1.54) is 23.4 Å². The van der Waals surface area contributed by atoms with E-state index in [1.807, 2.05) is 18.2 Å². The van der Waals surface area contributed by atoms with Crippen LogP contribution in [-0.2, 0) is 20.7 Å². The molecular formula is C26H32O4S2. The third-order valence-corrected chi connectivity index (χ3v) is 8.24. The number of carbonyl (C=O) groups is 2. The van der Waals surface area contributed by atoms with E-state index in [4.69, 9.17) is 0 Å². The Labute approximate surface area is 199 Å². The molecule has 0 spiro atoms. The monoisotopic (exact) mass is 472 g/mol. The van der Waals surface area contributed by atoms with Crippen LogP contribution in [0.2, 0.25) is 0 Å². The van der Waals surface area contributed by atoms with Crippen molar-refractivity contribution in [2.24, 2.45) is 5.92 Å². The standard InChI is InChI=1S/C26H32O4S2/c1-30-25(29)18-31-15-4-16-32-26-21(11-14-24(26)28)10-13-23(27)12-8-19-7-9-20-5-2-3-6-22(20)17-19/h2-3,5-7,9-10,13,17,21,23,26-27H,4,8,11-12,14-16,18H2,1H3/t21-,23+,26+/m0/s1. The summed E-state index contributed by atoms with van der Waals surface area (Å²) in [6.45, 7) is 0. The number of hydrogen-bond donors (Lipinski definition) is 1. The number of ketones is 1.